The molecule has 3 heteroatoms. The Balaban J connectivity index is 2.96. The Morgan fingerprint density at radius 2 is 2.36 bits per heavy atom. The van der Waals surface area contributed by atoms with E-state index in [1.54, 1.807) is 11.3 Å². The minimum Gasteiger partial charge on any atom is -0.249 e. The Hall–Kier alpha value is -0.410. The molecule has 2 rings (SSSR count). The molecule has 0 aromatic carbocycles. The first kappa shape index (κ1) is 7.25. The molecule has 0 atom stereocenters. The second-order valence-corrected chi connectivity index (χ2v) is 4.06. The maximum Gasteiger partial charge on any atom is 0.114 e. The molecular formula is C8H6BrNS. The topological polar surface area (TPSA) is 12.9 Å². The van der Waals surface area contributed by atoms with Crippen molar-refractivity contribution in [2.24, 2.45) is 0 Å². The number of nitrogens with zero attached hydrogens (tertiary/aromatic N) is 1. The molecule has 0 aliphatic carbocycles. The Bertz CT molecular complexity index is 394. The van der Waals surface area contributed by atoms with Crippen LogP contribution in [0, 0.1) is 6.92 Å². The van der Waals surface area contributed by atoms with Gasteiger partial charge in [0.1, 0.15) is 4.60 Å². The molecule has 0 unspecified atom stereocenters. The Labute approximate surface area is 77.2 Å². The molecule has 0 saturated carbocycles. The van der Waals surface area contributed by atoms with Crippen LogP contribution < -0.4 is 0 Å². The van der Waals surface area contributed by atoms with E-state index in [0.717, 1.165) is 4.60 Å². The van der Waals surface area contributed by atoms with Gasteiger partial charge in [-0.2, -0.15) is 0 Å². The summed E-state index contributed by atoms with van der Waals surface area (Å²) in [6.45, 7) is 2.10. The number of thiophene rings is 1. The van der Waals surface area contributed by atoms with E-state index in [2.05, 4.69) is 33.2 Å². The van der Waals surface area contributed by atoms with E-state index in [4.69, 9.17) is 0 Å². The fraction of sp³-hybridized carbons (Fsp3) is 0.125. The van der Waals surface area contributed by atoms with Crippen LogP contribution in [0.5, 0.6) is 0 Å². The maximum atomic E-state index is 4.16. The van der Waals surface area contributed by atoms with Gasteiger partial charge in [0.25, 0.3) is 0 Å². The van der Waals surface area contributed by atoms with E-state index >= 15 is 0 Å². The van der Waals surface area contributed by atoms with Crippen molar-refractivity contribution < 1.29 is 0 Å². The molecule has 0 radical (unpaired) electrons. The molecule has 0 bridgehead atoms. The van der Waals surface area contributed by atoms with Gasteiger partial charge in [0.15, 0.2) is 0 Å². The molecule has 0 N–H and O–H groups in total. The van der Waals surface area contributed by atoms with E-state index in [1.165, 1.54) is 15.6 Å². The van der Waals surface area contributed by atoms with E-state index in [1.807, 2.05) is 12.3 Å². The number of pyridine rings is 1. The first-order chi connectivity index (χ1) is 5.29. The average molecular weight is 228 g/mol. The molecule has 56 valence electrons. The number of rotatable bonds is 0. The summed E-state index contributed by atoms with van der Waals surface area (Å²) in [7, 11) is 0. The SMILES string of the molecule is Cc1csc2ccnc(Br)c12. The lowest BCUT2D eigenvalue weighted by molar-refractivity contribution is 1.31. The van der Waals surface area contributed by atoms with E-state index in [-0.39, 0.29) is 0 Å². The van der Waals surface area contributed by atoms with Crippen LogP contribution in [0.15, 0.2) is 22.2 Å². The third-order valence-electron chi connectivity index (χ3n) is 1.62. The number of hydrogen-bond donors (Lipinski definition) is 0. The maximum absolute atomic E-state index is 4.16. The third-order valence-corrected chi connectivity index (χ3v) is 3.29. The van der Waals surface area contributed by atoms with Gasteiger partial charge in [0.2, 0.25) is 0 Å². The summed E-state index contributed by atoms with van der Waals surface area (Å²) < 4.78 is 2.25. The summed E-state index contributed by atoms with van der Waals surface area (Å²) in [5, 5.41) is 3.40. The molecule has 0 aliphatic rings. The number of fused-ring (bicyclic) bond motifs is 1. The summed E-state index contributed by atoms with van der Waals surface area (Å²) >= 11 is 5.18. The van der Waals surface area contributed by atoms with Gasteiger partial charge in [-0.05, 0) is 39.9 Å². The van der Waals surface area contributed by atoms with E-state index in [0.29, 0.717) is 0 Å². The molecule has 0 spiro atoms. The monoisotopic (exact) mass is 227 g/mol. The second-order valence-electron chi connectivity index (χ2n) is 2.39. The van der Waals surface area contributed by atoms with Crippen LogP contribution in [0.25, 0.3) is 10.1 Å². The van der Waals surface area contributed by atoms with Crippen molar-refractivity contribution >= 4 is 37.4 Å². The second kappa shape index (κ2) is 2.57. The van der Waals surface area contributed by atoms with Crippen molar-refractivity contribution in [1.29, 1.82) is 0 Å². The van der Waals surface area contributed by atoms with Crippen molar-refractivity contribution in [3.63, 3.8) is 0 Å². The van der Waals surface area contributed by atoms with Crippen LogP contribution in [-0.4, -0.2) is 4.98 Å². The predicted octanol–water partition coefficient (Wildman–Crippen LogP) is 3.37. The molecular weight excluding hydrogens is 222 g/mol. The average Bonchev–Trinajstić information content (AvgIpc) is 2.34. The smallest absolute Gasteiger partial charge is 0.114 e. The van der Waals surface area contributed by atoms with E-state index < -0.39 is 0 Å². The zero-order valence-corrected chi connectivity index (χ0v) is 8.37. The van der Waals surface area contributed by atoms with Gasteiger partial charge in [-0.3, -0.25) is 0 Å². The number of aromatic nitrogens is 1. The first-order valence-electron chi connectivity index (χ1n) is 3.27. The quantitative estimate of drug-likeness (QED) is 0.630. The van der Waals surface area contributed by atoms with Gasteiger partial charge in [-0.15, -0.1) is 11.3 Å². The van der Waals surface area contributed by atoms with Crippen LogP contribution in [0.1, 0.15) is 5.56 Å². The fourth-order valence-corrected chi connectivity index (χ4v) is 2.80. The minimum absolute atomic E-state index is 0.953. The summed E-state index contributed by atoms with van der Waals surface area (Å²) in [6.07, 6.45) is 1.82. The molecule has 1 nitrogen and oxygen atoms in total. The lowest BCUT2D eigenvalue weighted by atomic mass is 10.2. The van der Waals surface area contributed by atoms with Crippen molar-refractivity contribution in [2.75, 3.05) is 0 Å². The zero-order chi connectivity index (χ0) is 7.84. The molecule has 0 saturated heterocycles. The fourth-order valence-electron chi connectivity index (χ4n) is 1.09. The molecule has 2 aromatic rings. The van der Waals surface area contributed by atoms with Gasteiger partial charge in [-0.1, -0.05) is 0 Å². The van der Waals surface area contributed by atoms with Crippen molar-refractivity contribution in [2.45, 2.75) is 6.92 Å². The Kier molecular flexibility index (Phi) is 1.69. The lowest BCUT2D eigenvalue weighted by Crippen LogP contribution is -1.75. The van der Waals surface area contributed by atoms with Crippen molar-refractivity contribution in [3.8, 4) is 0 Å². The third kappa shape index (κ3) is 1.08. The Morgan fingerprint density at radius 3 is 3.09 bits per heavy atom. The number of hydrogen-bond acceptors (Lipinski definition) is 2. The van der Waals surface area contributed by atoms with E-state index in [9.17, 15) is 0 Å². The number of aryl methyl sites for hydroxylation is 1. The highest BCUT2D eigenvalue weighted by Crippen LogP contribution is 2.29. The van der Waals surface area contributed by atoms with Gasteiger partial charge >= 0.3 is 0 Å². The van der Waals surface area contributed by atoms with Crippen molar-refractivity contribution in [1.82, 2.24) is 4.98 Å². The highest BCUT2D eigenvalue weighted by molar-refractivity contribution is 9.10. The molecule has 0 aliphatic heterocycles. The summed E-state index contributed by atoms with van der Waals surface area (Å²) in [5.74, 6) is 0. The Morgan fingerprint density at radius 1 is 1.55 bits per heavy atom. The molecule has 11 heavy (non-hydrogen) atoms. The summed E-state index contributed by atoms with van der Waals surface area (Å²) in [5.41, 5.74) is 1.30. The van der Waals surface area contributed by atoms with Crippen LogP contribution in [-0.2, 0) is 0 Å². The molecule has 2 aromatic heterocycles. The van der Waals surface area contributed by atoms with Crippen molar-refractivity contribution in [3.05, 3.63) is 27.8 Å². The van der Waals surface area contributed by atoms with Gasteiger partial charge in [-0.25, -0.2) is 4.98 Å². The van der Waals surface area contributed by atoms with Crippen LogP contribution >= 0.6 is 27.3 Å². The zero-order valence-electron chi connectivity index (χ0n) is 5.97. The summed E-state index contributed by atoms with van der Waals surface area (Å²) in [4.78, 5) is 4.16. The van der Waals surface area contributed by atoms with Gasteiger partial charge in [0.05, 0.1) is 0 Å². The molecule has 2 heterocycles. The van der Waals surface area contributed by atoms with Crippen LogP contribution in [0.4, 0.5) is 0 Å². The van der Waals surface area contributed by atoms with Gasteiger partial charge < -0.3 is 0 Å². The van der Waals surface area contributed by atoms with Crippen LogP contribution in [0.3, 0.4) is 0 Å². The highest BCUT2D eigenvalue weighted by Gasteiger charge is 2.03. The van der Waals surface area contributed by atoms with Crippen LogP contribution in [0.2, 0.25) is 0 Å². The first-order valence-corrected chi connectivity index (χ1v) is 4.94. The number of halogens is 1. The molecule has 0 amide bonds. The largest absolute Gasteiger partial charge is 0.249 e. The predicted molar refractivity (Wildman–Crippen MR) is 52.1 cm³/mol. The normalized spacial score (nSPS) is 10.7. The van der Waals surface area contributed by atoms with Gasteiger partial charge in [0, 0.05) is 16.3 Å². The lowest BCUT2D eigenvalue weighted by Gasteiger charge is -1.92. The standard InChI is InChI=1S/C8H6BrNS/c1-5-4-11-6-2-3-10-8(9)7(5)6/h2-4H,1H3. The highest BCUT2D eigenvalue weighted by atomic mass is 79.9. The minimum atomic E-state index is 0.953. The molecule has 0 fully saturated rings. The summed E-state index contributed by atoms with van der Waals surface area (Å²) in [6, 6.07) is 2.04.